The van der Waals surface area contributed by atoms with Crippen LogP contribution >= 0.6 is 11.3 Å². The van der Waals surface area contributed by atoms with E-state index in [1.165, 1.54) is 92.1 Å². The third kappa shape index (κ3) is 4.33. The van der Waals surface area contributed by atoms with E-state index in [0.717, 1.165) is 18.7 Å². The third-order valence-corrected chi connectivity index (χ3v) is 11.9. The van der Waals surface area contributed by atoms with E-state index in [9.17, 15) is 0 Å². The summed E-state index contributed by atoms with van der Waals surface area (Å²) in [5, 5.41) is 6.42. The SMILES string of the molecule is C1=NCCc2c1sc1c(-c3cccc(-c4cccc(-n5c6ccccc6c6cc(-n7c8ccccc8c8ccccc87)ccc65)c4)c3)cccc21. The van der Waals surface area contributed by atoms with E-state index in [4.69, 9.17) is 0 Å². The summed E-state index contributed by atoms with van der Waals surface area (Å²) in [4.78, 5) is 5.86. The van der Waals surface area contributed by atoms with Crippen LogP contribution in [-0.2, 0) is 6.42 Å². The van der Waals surface area contributed by atoms with Crippen molar-refractivity contribution in [1.82, 2.24) is 9.13 Å². The van der Waals surface area contributed by atoms with Crippen molar-refractivity contribution in [2.24, 2.45) is 4.99 Å². The largest absolute Gasteiger partial charge is 0.309 e. The highest BCUT2D eigenvalue weighted by molar-refractivity contribution is 7.21. The number of aromatic nitrogens is 2. The zero-order chi connectivity index (χ0) is 33.5. The maximum Gasteiger partial charge on any atom is 0.0542 e. The first-order chi connectivity index (χ1) is 25.3. The highest BCUT2D eigenvalue weighted by atomic mass is 32.1. The standard InChI is InChI=1S/C47H31N3S/c1-4-19-42-36(14-1)37-15-2-5-20-43(37)50(42)34-22-23-45-41(28-34)38-16-3-6-21-44(38)49(45)33-13-8-11-31(27-33)30-10-7-12-32(26-30)35-17-9-18-40-39-24-25-48-29-46(39)51-47(35)40/h1-23,26-29H,24-25H2. The number of aliphatic imine (C=N–C) groups is 1. The van der Waals surface area contributed by atoms with E-state index in [1.807, 2.05) is 11.3 Å². The minimum Gasteiger partial charge on any atom is -0.309 e. The highest BCUT2D eigenvalue weighted by Gasteiger charge is 2.18. The molecule has 0 N–H and O–H groups in total. The monoisotopic (exact) mass is 669 g/mol. The minimum absolute atomic E-state index is 0.878. The second-order valence-corrected chi connectivity index (χ2v) is 14.5. The van der Waals surface area contributed by atoms with Gasteiger partial charge in [-0.15, -0.1) is 11.3 Å². The number of hydrogen-bond donors (Lipinski definition) is 0. The zero-order valence-corrected chi connectivity index (χ0v) is 28.6. The Kier molecular flexibility index (Phi) is 6.25. The number of hydrogen-bond acceptors (Lipinski definition) is 2. The van der Waals surface area contributed by atoms with E-state index in [1.54, 1.807) is 0 Å². The number of nitrogens with zero attached hydrogens (tertiary/aromatic N) is 3. The molecule has 0 saturated heterocycles. The maximum atomic E-state index is 4.56. The Morgan fingerprint density at radius 2 is 1.02 bits per heavy atom. The van der Waals surface area contributed by atoms with Crippen molar-refractivity contribution in [3.8, 4) is 33.6 Å². The summed E-state index contributed by atoms with van der Waals surface area (Å²) in [5.41, 5.74) is 13.6. The van der Waals surface area contributed by atoms with Crippen LogP contribution in [0, 0.1) is 0 Å². The van der Waals surface area contributed by atoms with Gasteiger partial charge in [-0.2, -0.15) is 0 Å². The quantitative estimate of drug-likeness (QED) is 0.178. The normalized spacial score (nSPS) is 12.9. The third-order valence-electron chi connectivity index (χ3n) is 10.7. The van der Waals surface area contributed by atoms with Crippen LogP contribution < -0.4 is 0 Å². The number of benzene rings is 7. The molecule has 11 rings (SSSR count). The molecule has 0 fully saturated rings. The summed E-state index contributed by atoms with van der Waals surface area (Å²) in [5.74, 6) is 0. The molecule has 240 valence electrons. The number of para-hydroxylation sites is 3. The first-order valence-corrected chi connectivity index (χ1v) is 18.4. The lowest BCUT2D eigenvalue weighted by molar-refractivity contribution is 0.968. The lowest BCUT2D eigenvalue weighted by atomic mass is 9.97. The second-order valence-electron chi connectivity index (χ2n) is 13.5. The Hall–Kier alpha value is -6.23. The molecule has 4 heteroatoms. The predicted octanol–water partition coefficient (Wildman–Crippen LogP) is 12.4. The fourth-order valence-corrected chi connectivity index (χ4v) is 9.65. The van der Waals surface area contributed by atoms with Gasteiger partial charge in [0.25, 0.3) is 0 Å². The van der Waals surface area contributed by atoms with Crippen molar-refractivity contribution in [2.75, 3.05) is 6.54 Å². The van der Waals surface area contributed by atoms with Gasteiger partial charge in [-0.1, -0.05) is 103 Å². The summed E-state index contributed by atoms with van der Waals surface area (Å²) in [6.45, 7) is 0.878. The zero-order valence-electron chi connectivity index (χ0n) is 27.8. The number of thiophene rings is 1. The summed E-state index contributed by atoms with van der Waals surface area (Å²) >= 11 is 1.87. The van der Waals surface area contributed by atoms with Crippen molar-refractivity contribution in [1.29, 1.82) is 0 Å². The van der Waals surface area contributed by atoms with Gasteiger partial charge < -0.3 is 9.13 Å². The van der Waals surface area contributed by atoms with E-state index >= 15 is 0 Å². The number of fused-ring (bicyclic) bond motifs is 9. The predicted molar refractivity (Wildman–Crippen MR) is 218 cm³/mol. The molecule has 1 aliphatic heterocycles. The first kappa shape index (κ1) is 28.6. The Morgan fingerprint density at radius 1 is 0.451 bits per heavy atom. The first-order valence-electron chi connectivity index (χ1n) is 17.6. The average Bonchev–Trinajstić information content (AvgIpc) is 3.86. The van der Waals surface area contributed by atoms with E-state index in [2.05, 4.69) is 178 Å². The summed E-state index contributed by atoms with van der Waals surface area (Å²) in [6, 6.07) is 58.0. The van der Waals surface area contributed by atoms with Crippen LogP contribution in [0.1, 0.15) is 10.4 Å². The van der Waals surface area contributed by atoms with E-state index in [0.29, 0.717) is 0 Å². The lowest BCUT2D eigenvalue weighted by Crippen LogP contribution is -1.98. The number of rotatable bonds is 4. The molecule has 0 saturated carbocycles. The van der Waals surface area contributed by atoms with Gasteiger partial charge in [-0.05, 0) is 94.2 Å². The molecule has 0 radical (unpaired) electrons. The molecule has 51 heavy (non-hydrogen) atoms. The fraction of sp³-hybridized carbons (Fsp3) is 0.0426. The van der Waals surface area contributed by atoms with Gasteiger partial charge in [0.1, 0.15) is 0 Å². The van der Waals surface area contributed by atoms with Gasteiger partial charge in [0.05, 0.1) is 22.1 Å². The molecule has 3 nitrogen and oxygen atoms in total. The van der Waals surface area contributed by atoms with Crippen LogP contribution in [0.4, 0.5) is 0 Å². The van der Waals surface area contributed by atoms with Gasteiger partial charge in [0.2, 0.25) is 0 Å². The molecule has 10 aromatic rings. The van der Waals surface area contributed by atoms with Crippen molar-refractivity contribution in [2.45, 2.75) is 6.42 Å². The van der Waals surface area contributed by atoms with Crippen LogP contribution in [0.2, 0.25) is 0 Å². The Labute approximate surface area is 299 Å². The average molecular weight is 670 g/mol. The van der Waals surface area contributed by atoms with Crippen LogP contribution in [0.25, 0.3) is 87.3 Å². The van der Waals surface area contributed by atoms with Crippen molar-refractivity contribution in [3.05, 3.63) is 168 Å². The molecule has 0 spiro atoms. The Bertz CT molecular complexity index is 2990. The Morgan fingerprint density at radius 3 is 1.76 bits per heavy atom. The summed E-state index contributed by atoms with van der Waals surface area (Å²) in [7, 11) is 0. The molecule has 0 atom stereocenters. The molecule has 0 aliphatic carbocycles. The molecule has 0 bridgehead atoms. The van der Waals surface area contributed by atoms with Gasteiger partial charge in [-0.3, -0.25) is 4.99 Å². The lowest BCUT2D eigenvalue weighted by Gasteiger charge is -2.12. The van der Waals surface area contributed by atoms with Gasteiger partial charge in [-0.25, -0.2) is 0 Å². The van der Waals surface area contributed by atoms with Crippen LogP contribution in [0.5, 0.6) is 0 Å². The molecule has 0 unspecified atom stereocenters. The molecule has 4 heterocycles. The summed E-state index contributed by atoms with van der Waals surface area (Å²) < 4.78 is 6.18. The van der Waals surface area contributed by atoms with Crippen LogP contribution in [0.3, 0.4) is 0 Å². The highest BCUT2D eigenvalue weighted by Crippen LogP contribution is 2.41. The van der Waals surface area contributed by atoms with E-state index in [-0.39, 0.29) is 0 Å². The fourth-order valence-electron chi connectivity index (χ4n) is 8.37. The van der Waals surface area contributed by atoms with Gasteiger partial charge in [0.15, 0.2) is 0 Å². The van der Waals surface area contributed by atoms with Gasteiger partial charge >= 0.3 is 0 Å². The minimum atomic E-state index is 0.878. The molecule has 0 amide bonds. The van der Waals surface area contributed by atoms with Crippen molar-refractivity contribution in [3.63, 3.8) is 0 Å². The molecule has 7 aromatic carbocycles. The maximum absolute atomic E-state index is 4.56. The summed E-state index contributed by atoms with van der Waals surface area (Å²) in [6.07, 6.45) is 3.08. The molecule has 1 aliphatic rings. The molecule has 3 aromatic heterocycles. The van der Waals surface area contributed by atoms with Crippen molar-refractivity contribution < 1.29 is 0 Å². The molecular weight excluding hydrogens is 639 g/mol. The smallest absolute Gasteiger partial charge is 0.0542 e. The topological polar surface area (TPSA) is 22.2 Å². The van der Waals surface area contributed by atoms with Crippen LogP contribution in [-0.4, -0.2) is 21.9 Å². The molecular formula is C47H31N3S. The Balaban J connectivity index is 1.05. The second kappa shape index (κ2) is 11.1. The van der Waals surface area contributed by atoms with Crippen LogP contribution in [0.15, 0.2) is 163 Å². The van der Waals surface area contributed by atoms with Crippen molar-refractivity contribution >= 4 is 71.2 Å². The van der Waals surface area contributed by atoms with Gasteiger partial charge in [0, 0.05) is 55.3 Å². The van der Waals surface area contributed by atoms with E-state index < -0.39 is 0 Å².